The minimum absolute atomic E-state index is 0.0374. The number of aryl methyl sites for hydroxylation is 1. The molecule has 0 heterocycles. The zero-order chi connectivity index (χ0) is 22.9. The fraction of sp³-hybridized carbons (Fsp3) is 0.269. The third-order valence-electron chi connectivity index (χ3n) is 5.30. The summed E-state index contributed by atoms with van der Waals surface area (Å²) in [4.78, 5) is 12.9. The third kappa shape index (κ3) is 5.95. The highest BCUT2D eigenvalue weighted by atomic mass is 35.5. The molecular formula is C26H28ClNO4. The number of hydrogen-bond acceptors (Lipinski definition) is 4. The summed E-state index contributed by atoms with van der Waals surface area (Å²) in [6, 6.07) is 21.3. The Morgan fingerprint density at radius 3 is 2.19 bits per heavy atom. The van der Waals surface area contributed by atoms with E-state index in [1.54, 1.807) is 21.3 Å². The van der Waals surface area contributed by atoms with Crippen LogP contribution in [0.25, 0.3) is 0 Å². The number of benzene rings is 3. The van der Waals surface area contributed by atoms with Crippen LogP contribution in [0.1, 0.15) is 29.2 Å². The molecule has 0 aromatic heterocycles. The molecule has 1 amide bonds. The van der Waals surface area contributed by atoms with E-state index in [2.05, 4.69) is 5.32 Å². The molecule has 0 fully saturated rings. The van der Waals surface area contributed by atoms with Gasteiger partial charge in [-0.05, 0) is 47.7 Å². The van der Waals surface area contributed by atoms with E-state index in [-0.39, 0.29) is 11.9 Å². The lowest BCUT2D eigenvalue weighted by Gasteiger charge is -2.20. The first-order valence-electron chi connectivity index (χ1n) is 10.4. The van der Waals surface area contributed by atoms with Crippen LogP contribution >= 0.6 is 11.6 Å². The van der Waals surface area contributed by atoms with Crippen LogP contribution < -0.4 is 19.5 Å². The number of rotatable bonds is 10. The van der Waals surface area contributed by atoms with Gasteiger partial charge in [0.2, 0.25) is 11.7 Å². The minimum Gasteiger partial charge on any atom is -0.493 e. The first kappa shape index (κ1) is 23.5. The number of carbonyl (C=O) groups excluding carboxylic acids is 1. The summed E-state index contributed by atoms with van der Waals surface area (Å²) < 4.78 is 16.3. The zero-order valence-corrected chi connectivity index (χ0v) is 19.3. The smallest absolute Gasteiger partial charge is 0.220 e. The molecule has 0 aliphatic carbocycles. The van der Waals surface area contributed by atoms with Crippen molar-refractivity contribution in [1.82, 2.24) is 5.32 Å². The molecule has 5 nitrogen and oxygen atoms in total. The van der Waals surface area contributed by atoms with E-state index < -0.39 is 0 Å². The van der Waals surface area contributed by atoms with Crippen molar-refractivity contribution in [1.29, 1.82) is 0 Å². The second kappa shape index (κ2) is 11.4. The van der Waals surface area contributed by atoms with E-state index in [9.17, 15) is 4.79 Å². The predicted octanol–water partition coefficient (Wildman–Crippen LogP) is 5.40. The summed E-state index contributed by atoms with van der Waals surface area (Å²) >= 11 is 6.02. The SMILES string of the molecule is COc1ccc(CCC(=O)NC(Cc2ccc(Cl)cc2)c2ccccc2)c(OC)c1OC. The molecule has 1 atom stereocenters. The average molecular weight is 454 g/mol. The van der Waals surface area contributed by atoms with E-state index in [1.165, 1.54) is 0 Å². The van der Waals surface area contributed by atoms with E-state index in [1.807, 2.05) is 66.7 Å². The summed E-state index contributed by atoms with van der Waals surface area (Å²) in [6.07, 6.45) is 1.50. The Morgan fingerprint density at radius 1 is 0.875 bits per heavy atom. The molecule has 32 heavy (non-hydrogen) atoms. The van der Waals surface area contributed by atoms with Crippen LogP contribution in [0.4, 0.5) is 0 Å². The first-order valence-corrected chi connectivity index (χ1v) is 10.8. The second-order valence-corrected chi connectivity index (χ2v) is 7.79. The lowest BCUT2D eigenvalue weighted by molar-refractivity contribution is -0.121. The number of hydrogen-bond donors (Lipinski definition) is 1. The van der Waals surface area contributed by atoms with Gasteiger partial charge in [0.15, 0.2) is 11.5 Å². The Kier molecular flexibility index (Phi) is 8.40. The third-order valence-corrected chi connectivity index (χ3v) is 5.55. The molecule has 3 rings (SSSR count). The van der Waals surface area contributed by atoms with Crippen molar-refractivity contribution in [2.75, 3.05) is 21.3 Å². The molecule has 0 saturated heterocycles. The highest BCUT2D eigenvalue weighted by molar-refractivity contribution is 6.30. The largest absolute Gasteiger partial charge is 0.493 e. The Bertz CT molecular complexity index is 1020. The maximum atomic E-state index is 12.9. The van der Waals surface area contributed by atoms with Crippen LogP contribution in [0, 0.1) is 0 Å². The lowest BCUT2D eigenvalue weighted by atomic mass is 9.98. The fourth-order valence-electron chi connectivity index (χ4n) is 3.67. The van der Waals surface area contributed by atoms with Gasteiger partial charge in [-0.25, -0.2) is 0 Å². The molecule has 168 valence electrons. The van der Waals surface area contributed by atoms with E-state index in [0.717, 1.165) is 16.7 Å². The van der Waals surface area contributed by atoms with Gasteiger partial charge >= 0.3 is 0 Å². The average Bonchev–Trinajstić information content (AvgIpc) is 2.83. The molecule has 0 spiro atoms. The number of halogens is 1. The van der Waals surface area contributed by atoms with E-state index >= 15 is 0 Å². The van der Waals surface area contributed by atoms with Crippen LogP contribution in [-0.4, -0.2) is 27.2 Å². The summed E-state index contributed by atoms with van der Waals surface area (Å²) in [6.45, 7) is 0. The van der Waals surface area contributed by atoms with Crippen molar-refractivity contribution in [2.45, 2.75) is 25.3 Å². The second-order valence-electron chi connectivity index (χ2n) is 7.35. The van der Waals surface area contributed by atoms with E-state index in [4.69, 9.17) is 25.8 Å². The first-order chi connectivity index (χ1) is 15.5. The van der Waals surface area contributed by atoms with Crippen LogP contribution in [-0.2, 0) is 17.6 Å². The van der Waals surface area contributed by atoms with Crippen molar-refractivity contribution < 1.29 is 19.0 Å². The van der Waals surface area contributed by atoms with Gasteiger partial charge in [0.1, 0.15) is 0 Å². The van der Waals surface area contributed by atoms with Gasteiger partial charge in [0.05, 0.1) is 27.4 Å². The predicted molar refractivity (Wildman–Crippen MR) is 127 cm³/mol. The maximum absolute atomic E-state index is 12.9. The van der Waals surface area contributed by atoms with Crippen molar-refractivity contribution >= 4 is 17.5 Å². The quantitative estimate of drug-likeness (QED) is 0.446. The molecule has 1 unspecified atom stereocenters. The van der Waals surface area contributed by atoms with Gasteiger partial charge in [0.25, 0.3) is 0 Å². The van der Waals surface area contributed by atoms with Gasteiger partial charge in [0, 0.05) is 11.4 Å². The molecule has 0 radical (unpaired) electrons. The molecule has 3 aromatic carbocycles. The fourth-order valence-corrected chi connectivity index (χ4v) is 3.79. The normalized spacial score (nSPS) is 11.5. The Balaban J connectivity index is 1.72. The molecule has 0 aliphatic heterocycles. The number of methoxy groups -OCH3 is 3. The van der Waals surface area contributed by atoms with Crippen LogP contribution in [0.3, 0.4) is 0 Å². The molecule has 0 bridgehead atoms. The number of nitrogens with one attached hydrogen (secondary N) is 1. The number of ether oxygens (including phenoxy) is 3. The molecular weight excluding hydrogens is 426 g/mol. The van der Waals surface area contributed by atoms with Gasteiger partial charge < -0.3 is 19.5 Å². The summed E-state index contributed by atoms with van der Waals surface area (Å²) in [5, 5.41) is 3.88. The standard InChI is InChI=1S/C26H28ClNO4/c1-30-23-15-11-20(25(31-2)26(23)32-3)12-16-24(29)28-22(19-7-5-4-6-8-19)17-18-9-13-21(27)14-10-18/h4-11,13-15,22H,12,16-17H2,1-3H3,(H,28,29). The van der Waals surface area contributed by atoms with Crippen LogP contribution in [0.2, 0.25) is 5.02 Å². The molecule has 0 saturated carbocycles. The Morgan fingerprint density at radius 2 is 1.56 bits per heavy atom. The zero-order valence-electron chi connectivity index (χ0n) is 18.6. The summed E-state index contributed by atoms with van der Waals surface area (Å²) in [7, 11) is 4.73. The summed E-state index contributed by atoms with van der Waals surface area (Å²) in [5.74, 6) is 1.66. The highest BCUT2D eigenvalue weighted by Gasteiger charge is 2.19. The van der Waals surface area contributed by atoms with Gasteiger partial charge in [-0.2, -0.15) is 0 Å². The Hall–Kier alpha value is -3.18. The van der Waals surface area contributed by atoms with Gasteiger partial charge in [-0.3, -0.25) is 4.79 Å². The van der Waals surface area contributed by atoms with Crippen molar-refractivity contribution in [3.05, 3.63) is 88.4 Å². The lowest BCUT2D eigenvalue weighted by Crippen LogP contribution is -2.30. The molecule has 1 N–H and O–H groups in total. The van der Waals surface area contributed by atoms with Crippen LogP contribution in [0.5, 0.6) is 17.2 Å². The van der Waals surface area contributed by atoms with Crippen LogP contribution in [0.15, 0.2) is 66.7 Å². The highest BCUT2D eigenvalue weighted by Crippen LogP contribution is 2.40. The van der Waals surface area contributed by atoms with Crippen molar-refractivity contribution in [3.8, 4) is 17.2 Å². The van der Waals surface area contributed by atoms with Gasteiger partial charge in [-0.15, -0.1) is 0 Å². The van der Waals surface area contributed by atoms with Gasteiger partial charge in [-0.1, -0.05) is 60.1 Å². The topological polar surface area (TPSA) is 56.8 Å². The molecule has 6 heteroatoms. The number of amides is 1. The monoisotopic (exact) mass is 453 g/mol. The number of carbonyl (C=O) groups is 1. The maximum Gasteiger partial charge on any atom is 0.220 e. The Labute approximate surface area is 194 Å². The minimum atomic E-state index is -0.142. The molecule has 3 aromatic rings. The van der Waals surface area contributed by atoms with Crippen molar-refractivity contribution in [3.63, 3.8) is 0 Å². The van der Waals surface area contributed by atoms with Crippen molar-refractivity contribution in [2.24, 2.45) is 0 Å². The van der Waals surface area contributed by atoms with E-state index in [0.29, 0.717) is 41.5 Å². The summed E-state index contributed by atoms with van der Waals surface area (Å²) in [5.41, 5.74) is 3.04. The molecule has 0 aliphatic rings.